The summed E-state index contributed by atoms with van der Waals surface area (Å²) in [5, 5.41) is 3.45. The maximum Gasteiger partial charge on any atom is 0.125 e. The van der Waals surface area contributed by atoms with Gasteiger partial charge in [-0.2, -0.15) is 0 Å². The highest BCUT2D eigenvalue weighted by molar-refractivity contribution is 5.51. The van der Waals surface area contributed by atoms with Crippen molar-refractivity contribution in [2.24, 2.45) is 5.92 Å². The molecular formula is C18H23N3O. The first-order chi connectivity index (χ1) is 10.7. The number of anilines is 2. The molecule has 0 bridgehead atoms. The Kier molecular flexibility index (Phi) is 4.47. The molecule has 0 spiro atoms. The van der Waals surface area contributed by atoms with Gasteiger partial charge in [-0.25, -0.2) is 4.98 Å². The Morgan fingerprint density at radius 2 is 2.23 bits per heavy atom. The van der Waals surface area contributed by atoms with Gasteiger partial charge in [-0.1, -0.05) is 12.1 Å². The van der Waals surface area contributed by atoms with Crippen LogP contribution < -0.4 is 15.0 Å². The average Bonchev–Trinajstić information content (AvgIpc) is 3.03. The Morgan fingerprint density at radius 1 is 1.32 bits per heavy atom. The van der Waals surface area contributed by atoms with E-state index in [2.05, 4.69) is 46.4 Å². The van der Waals surface area contributed by atoms with Gasteiger partial charge in [-0.3, -0.25) is 0 Å². The summed E-state index contributed by atoms with van der Waals surface area (Å²) < 4.78 is 5.31. The third-order valence-corrected chi connectivity index (χ3v) is 4.19. The molecule has 116 valence electrons. The second-order valence-electron chi connectivity index (χ2n) is 5.90. The number of methoxy groups -OCH3 is 1. The fraction of sp³-hybridized carbons (Fsp3) is 0.389. The summed E-state index contributed by atoms with van der Waals surface area (Å²) in [5.41, 5.74) is 2.44. The van der Waals surface area contributed by atoms with Crippen molar-refractivity contribution in [1.29, 1.82) is 0 Å². The Morgan fingerprint density at radius 3 is 3.00 bits per heavy atom. The third-order valence-electron chi connectivity index (χ3n) is 4.19. The lowest BCUT2D eigenvalue weighted by Gasteiger charge is -2.19. The quantitative estimate of drug-likeness (QED) is 0.918. The molecule has 2 aromatic rings. The number of ether oxygens (including phenoxy) is 1. The van der Waals surface area contributed by atoms with Crippen LogP contribution in [0.4, 0.5) is 11.5 Å². The van der Waals surface area contributed by atoms with Gasteiger partial charge < -0.3 is 15.0 Å². The van der Waals surface area contributed by atoms with Crippen LogP contribution >= 0.6 is 0 Å². The fourth-order valence-electron chi connectivity index (χ4n) is 2.86. The topological polar surface area (TPSA) is 37.4 Å². The van der Waals surface area contributed by atoms with Gasteiger partial charge in [0.15, 0.2) is 0 Å². The van der Waals surface area contributed by atoms with E-state index in [-0.39, 0.29) is 0 Å². The predicted octanol–water partition coefficient (Wildman–Crippen LogP) is 3.34. The lowest BCUT2D eigenvalue weighted by atomic mass is 10.1. The highest BCUT2D eigenvalue weighted by atomic mass is 16.5. The molecule has 22 heavy (non-hydrogen) atoms. The molecule has 0 aliphatic carbocycles. The molecule has 1 N–H and O–H groups in total. The van der Waals surface area contributed by atoms with Gasteiger partial charge in [0, 0.05) is 37.6 Å². The lowest BCUT2D eigenvalue weighted by molar-refractivity contribution is 0.415. The second kappa shape index (κ2) is 6.69. The summed E-state index contributed by atoms with van der Waals surface area (Å²) in [7, 11) is 1.71. The van der Waals surface area contributed by atoms with E-state index in [0.29, 0.717) is 5.92 Å². The van der Waals surface area contributed by atoms with E-state index < -0.39 is 0 Å². The largest absolute Gasteiger partial charge is 0.497 e. The molecule has 0 saturated carbocycles. The van der Waals surface area contributed by atoms with E-state index in [1.807, 2.05) is 18.3 Å². The molecule has 4 nitrogen and oxygen atoms in total. The molecule has 2 heterocycles. The Balaban J connectivity index is 1.54. The fourth-order valence-corrected chi connectivity index (χ4v) is 2.86. The summed E-state index contributed by atoms with van der Waals surface area (Å²) in [5.74, 6) is 2.53. The van der Waals surface area contributed by atoms with Crippen molar-refractivity contribution in [2.45, 2.75) is 13.3 Å². The van der Waals surface area contributed by atoms with E-state index >= 15 is 0 Å². The van der Waals surface area contributed by atoms with E-state index in [4.69, 9.17) is 4.74 Å². The molecule has 1 aromatic carbocycles. The molecule has 1 aliphatic heterocycles. The van der Waals surface area contributed by atoms with Crippen LogP contribution in [0.1, 0.15) is 12.0 Å². The van der Waals surface area contributed by atoms with Crippen LogP contribution in [0.5, 0.6) is 5.75 Å². The standard InChI is InChI=1S/C18H23N3O/c1-14-6-7-18(19-11-14)20-12-15-8-9-21(13-15)16-4-3-5-17(10-16)22-2/h3-7,10-11,15H,8-9,12-13H2,1-2H3,(H,19,20). The maximum absolute atomic E-state index is 5.31. The SMILES string of the molecule is COc1cccc(N2CCC(CNc3ccc(C)cn3)C2)c1. The maximum atomic E-state index is 5.31. The Bertz CT molecular complexity index is 612. The van der Waals surface area contributed by atoms with E-state index in [9.17, 15) is 0 Å². The Labute approximate surface area is 132 Å². The van der Waals surface area contributed by atoms with Crippen molar-refractivity contribution in [1.82, 2.24) is 4.98 Å². The minimum absolute atomic E-state index is 0.648. The number of hydrogen-bond acceptors (Lipinski definition) is 4. The first kappa shape index (κ1) is 14.7. The van der Waals surface area contributed by atoms with Crippen LogP contribution in [0.15, 0.2) is 42.6 Å². The number of benzene rings is 1. The number of nitrogens with one attached hydrogen (secondary N) is 1. The molecule has 1 saturated heterocycles. The molecule has 1 unspecified atom stereocenters. The number of pyridine rings is 1. The molecule has 1 fully saturated rings. The molecule has 1 aliphatic rings. The first-order valence-corrected chi connectivity index (χ1v) is 7.80. The Hall–Kier alpha value is -2.23. The zero-order valence-corrected chi connectivity index (χ0v) is 13.2. The summed E-state index contributed by atoms with van der Waals surface area (Å²) in [6.45, 7) is 5.20. The van der Waals surface area contributed by atoms with Crippen LogP contribution in [0.25, 0.3) is 0 Å². The molecule has 3 rings (SSSR count). The predicted molar refractivity (Wildman–Crippen MR) is 90.8 cm³/mol. The number of rotatable bonds is 5. The summed E-state index contributed by atoms with van der Waals surface area (Å²) >= 11 is 0. The summed E-state index contributed by atoms with van der Waals surface area (Å²) in [6.07, 6.45) is 3.11. The van der Waals surface area contributed by atoms with Gasteiger partial charge in [0.2, 0.25) is 0 Å². The molecule has 0 amide bonds. The minimum Gasteiger partial charge on any atom is -0.497 e. The van der Waals surface area contributed by atoms with Crippen molar-refractivity contribution >= 4 is 11.5 Å². The highest BCUT2D eigenvalue weighted by Crippen LogP contribution is 2.27. The van der Waals surface area contributed by atoms with Gasteiger partial charge in [-0.05, 0) is 43.0 Å². The van der Waals surface area contributed by atoms with E-state index in [1.165, 1.54) is 17.7 Å². The zero-order valence-electron chi connectivity index (χ0n) is 13.2. The van der Waals surface area contributed by atoms with Crippen molar-refractivity contribution in [3.05, 3.63) is 48.2 Å². The van der Waals surface area contributed by atoms with Crippen molar-refractivity contribution < 1.29 is 4.74 Å². The molecule has 1 aromatic heterocycles. The number of hydrogen-bond donors (Lipinski definition) is 1. The average molecular weight is 297 g/mol. The molecule has 0 radical (unpaired) electrons. The monoisotopic (exact) mass is 297 g/mol. The van der Waals surface area contributed by atoms with Crippen molar-refractivity contribution in [3.63, 3.8) is 0 Å². The van der Waals surface area contributed by atoms with Gasteiger partial charge in [0.05, 0.1) is 7.11 Å². The first-order valence-electron chi connectivity index (χ1n) is 7.80. The van der Waals surface area contributed by atoms with Crippen LogP contribution in [-0.4, -0.2) is 31.7 Å². The summed E-state index contributed by atoms with van der Waals surface area (Å²) in [4.78, 5) is 6.83. The number of aromatic nitrogens is 1. The molecule has 4 heteroatoms. The highest BCUT2D eigenvalue weighted by Gasteiger charge is 2.22. The van der Waals surface area contributed by atoms with Crippen molar-refractivity contribution in [2.75, 3.05) is 37.0 Å². The van der Waals surface area contributed by atoms with E-state index in [1.54, 1.807) is 7.11 Å². The van der Waals surface area contributed by atoms with E-state index in [0.717, 1.165) is 31.2 Å². The van der Waals surface area contributed by atoms with Crippen LogP contribution in [0, 0.1) is 12.8 Å². The van der Waals surface area contributed by atoms with Crippen LogP contribution in [0.3, 0.4) is 0 Å². The lowest BCUT2D eigenvalue weighted by Crippen LogP contribution is -2.22. The number of aryl methyl sites for hydroxylation is 1. The normalized spacial score (nSPS) is 17.5. The van der Waals surface area contributed by atoms with Gasteiger partial charge in [-0.15, -0.1) is 0 Å². The second-order valence-corrected chi connectivity index (χ2v) is 5.90. The molecule has 1 atom stereocenters. The third kappa shape index (κ3) is 3.50. The van der Waals surface area contributed by atoms with Crippen LogP contribution in [0.2, 0.25) is 0 Å². The van der Waals surface area contributed by atoms with Crippen molar-refractivity contribution in [3.8, 4) is 5.75 Å². The van der Waals surface area contributed by atoms with Gasteiger partial charge in [0.25, 0.3) is 0 Å². The molecular weight excluding hydrogens is 274 g/mol. The van der Waals surface area contributed by atoms with Gasteiger partial charge in [0.1, 0.15) is 11.6 Å². The zero-order chi connectivity index (χ0) is 15.4. The van der Waals surface area contributed by atoms with Gasteiger partial charge >= 0.3 is 0 Å². The number of nitrogens with zero attached hydrogens (tertiary/aromatic N) is 2. The minimum atomic E-state index is 0.648. The summed E-state index contributed by atoms with van der Waals surface area (Å²) in [6, 6.07) is 12.4. The smallest absolute Gasteiger partial charge is 0.125 e. The van der Waals surface area contributed by atoms with Crippen LogP contribution in [-0.2, 0) is 0 Å².